The van der Waals surface area contributed by atoms with Gasteiger partial charge >= 0.3 is 18.2 Å². The lowest BCUT2D eigenvalue weighted by Gasteiger charge is -2.34. The Labute approximate surface area is 375 Å². The number of hydrogen-bond donors (Lipinski definition) is 3. The number of halogens is 3. The molecule has 0 aliphatic carbocycles. The normalized spacial score (nSPS) is 16.7. The Kier molecular flexibility index (Phi) is 12.6. The van der Waals surface area contributed by atoms with Crippen LogP contribution in [-0.4, -0.2) is 123 Å². The average molecular weight is 907 g/mol. The van der Waals surface area contributed by atoms with Gasteiger partial charge < -0.3 is 29.8 Å². The smallest absolute Gasteiger partial charge is 0.369 e. The zero-order valence-corrected chi connectivity index (χ0v) is 36.3. The summed E-state index contributed by atoms with van der Waals surface area (Å²) in [6.45, 7) is 5.75. The number of rotatable bonds is 11. The highest BCUT2D eigenvalue weighted by Gasteiger charge is 2.45. The Hall–Kier alpha value is -7.58. The number of aromatic amines is 2. The zero-order valence-electron chi connectivity index (χ0n) is 36.3. The number of alkyl halides is 3. The minimum atomic E-state index is -5.37. The van der Waals surface area contributed by atoms with Gasteiger partial charge in [0.25, 0.3) is 5.91 Å². The molecule has 8 rings (SSSR count). The lowest BCUT2D eigenvalue weighted by molar-refractivity contribution is -0.194. The van der Waals surface area contributed by atoms with E-state index in [1.165, 1.54) is 12.4 Å². The molecule has 342 valence electrons. The molecule has 2 aliphatic heterocycles. The van der Waals surface area contributed by atoms with E-state index in [1.807, 2.05) is 42.5 Å². The predicted molar refractivity (Wildman–Crippen MR) is 231 cm³/mol. The highest BCUT2D eigenvalue weighted by atomic mass is 19.4. The fraction of sp³-hybridized carbons (Fsp3) is 0.356. The van der Waals surface area contributed by atoms with Crippen LogP contribution in [0.2, 0.25) is 0 Å². The van der Waals surface area contributed by atoms with Crippen LogP contribution >= 0.6 is 0 Å². The molecular formula is C45H45F3N12O6. The molecular weight excluding hydrogens is 862 g/mol. The lowest BCUT2D eigenvalue weighted by atomic mass is 10.0. The molecule has 21 heteroatoms. The summed E-state index contributed by atoms with van der Waals surface area (Å²) in [5.74, 6) is -3.22. The molecule has 66 heavy (non-hydrogen) atoms. The third kappa shape index (κ3) is 9.45. The first-order chi connectivity index (χ1) is 31.5. The molecule has 0 radical (unpaired) electrons. The Morgan fingerprint density at radius 2 is 1.50 bits per heavy atom. The van der Waals surface area contributed by atoms with Crippen LogP contribution in [0.1, 0.15) is 79.4 Å². The van der Waals surface area contributed by atoms with Crippen molar-refractivity contribution in [2.24, 2.45) is 5.92 Å². The average Bonchev–Trinajstić information content (AvgIpc) is 4.15. The monoisotopic (exact) mass is 906 g/mol. The van der Waals surface area contributed by atoms with E-state index in [2.05, 4.69) is 35.0 Å². The number of likely N-dealkylation sites (tertiary alicyclic amines) is 2. The number of carbonyl (C=O) groups is 5. The number of carbonyl (C=O) groups excluding carboxylic acids is 5. The Bertz CT molecular complexity index is 2790. The van der Waals surface area contributed by atoms with Crippen LogP contribution in [0.5, 0.6) is 0 Å². The summed E-state index contributed by atoms with van der Waals surface area (Å²) < 4.78 is 42.3. The van der Waals surface area contributed by atoms with Crippen LogP contribution < -0.4 is 5.32 Å². The largest absolute Gasteiger partial charge is 0.491 e. The van der Waals surface area contributed by atoms with Crippen LogP contribution in [0.25, 0.3) is 44.8 Å². The zero-order chi connectivity index (χ0) is 46.9. The van der Waals surface area contributed by atoms with E-state index in [-0.39, 0.29) is 24.2 Å². The number of amides is 4. The number of aryl methyl sites for hydroxylation is 1. The van der Waals surface area contributed by atoms with Crippen molar-refractivity contribution in [2.45, 2.75) is 70.8 Å². The SMILES string of the molecule is Cc1cnc(C(=O)NCC(=O)N2CCC[C@H]2c2ncc(-c3ccc4nc(-c5ccc(-c6c[nH]c([C@@H]7CCCN7C(=O)[C@H](C(C)C)N(C)C(=O)OC(=O)C(F)(F)F)n6)cc5)cnc4c3)[nH]2)cn1. The highest BCUT2D eigenvalue weighted by Crippen LogP contribution is 2.35. The molecule has 2 saturated heterocycles. The van der Waals surface area contributed by atoms with Gasteiger partial charge in [-0.2, -0.15) is 13.2 Å². The summed E-state index contributed by atoms with van der Waals surface area (Å²) in [6, 6.07) is 11.4. The Morgan fingerprint density at radius 3 is 2.18 bits per heavy atom. The highest BCUT2D eigenvalue weighted by molar-refractivity contribution is 5.95. The fourth-order valence-corrected chi connectivity index (χ4v) is 8.35. The number of likely N-dealkylation sites (N-methyl/N-ethyl adjacent to an activating group) is 1. The maximum absolute atomic E-state index is 13.8. The van der Waals surface area contributed by atoms with Crippen molar-refractivity contribution >= 4 is 40.8 Å². The molecule has 0 saturated carbocycles. The number of aromatic nitrogens is 8. The molecule has 6 aromatic rings. The minimum Gasteiger partial charge on any atom is -0.369 e. The van der Waals surface area contributed by atoms with Gasteiger partial charge in [-0.3, -0.25) is 29.3 Å². The summed E-state index contributed by atoms with van der Waals surface area (Å²) in [4.78, 5) is 101. The van der Waals surface area contributed by atoms with Gasteiger partial charge in [-0.15, -0.1) is 0 Å². The first-order valence-electron chi connectivity index (χ1n) is 21.3. The topological polar surface area (TPSA) is 225 Å². The minimum absolute atomic E-state index is 0.137. The number of fused-ring (bicyclic) bond motifs is 1. The second-order valence-corrected chi connectivity index (χ2v) is 16.5. The summed E-state index contributed by atoms with van der Waals surface area (Å²) >= 11 is 0. The summed E-state index contributed by atoms with van der Waals surface area (Å²) in [6.07, 6.45) is 3.78. The Morgan fingerprint density at radius 1 is 0.818 bits per heavy atom. The number of imidazole rings is 2. The van der Waals surface area contributed by atoms with E-state index in [4.69, 9.17) is 15.0 Å². The molecule has 3 N–H and O–H groups in total. The van der Waals surface area contributed by atoms with Crippen molar-refractivity contribution < 1.29 is 41.9 Å². The molecule has 0 spiro atoms. The summed E-state index contributed by atoms with van der Waals surface area (Å²) in [5.41, 5.74) is 6.63. The number of esters is 1. The van der Waals surface area contributed by atoms with Gasteiger partial charge in [0.1, 0.15) is 23.4 Å². The van der Waals surface area contributed by atoms with Gasteiger partial charge in [-0.05, 0) is 50.7 Å². The van der Waals surface area contributed by atoms with Crippen LogP contribution in [0.3, 0.4) is 0 Å². The number of nitrogens with zero attached hydrogens (tertiary/aromatic N) is 9. The third-order valence-corrected chi connectivity index (χ3v) is 11.7. The van der Waals surface area contributed by atoms with E-state index in [0.717, 1.165) is 47.2 Å². The molecule has 4 amide bonds. The first kappa shape index (κ1) is 45.0. The van der Waals surface area contributed by atoms with Crippen molar-refractivity contribution in [1.82, 2.24) is 59.9 Å². The summed E-state index contributed by atoms with van der Waals surface area (Å²) in [5, 5.41) is 2.64. The summed E-state index contributed by atoms with van der Waals surface area (Å²) in [7, 11) is 1.13. The standard InChI is InChI=1S/C45H45F3N12O6/c1-24(2)38(58(4)44(65)66-43(64)45(46,47)48)42(63)60-16-6-8-36(60)40-52-20-32(56-40)27-11-9-26(10-12-27)31-19-51-30-17-28(13-14-29(30)55-31)33-21-53-39(57-33)35-7-5-15-59(35)37(61)23-54-41(62)34-22-49-25(3)18-50-34/h9-14,17-22,24,35-36,38H,5-8,15-16,23H2,1-4H3,(H,52,56)(H,53,57)(H,54,62)/t35-,36-,38-/m0/s1. The second-order valence-electron chi connectivity index (χ2n) is 16.5. The third-order valence-electron chi connectivity index (χ3n) is 11.7. The van der Waals surface area contributed by atoms with Crippen molar-refractivity contribution in [1.29, 1.82) is 0 Å². The van der Waals surface area contributed by atoms with Crippen molar-refractivity contribution in [3.8, 4) is 33.8 Å². The maximum Gasteiger partial charge on any atom is 0.491 e. The van der Waals surface area contributed by atoms with Crippen LogP contribution in [-0.2, 0) is 19.1 Å². The molecule has 6 heterocycles. The maximum atomic E-state index is 13.8. The van der Waals surface area contributed by atoms with Crippen molar-refractivity contribution in [2.75, 3.05) is 26.7 Å². The van der Waals surface area contributed by atoms with E-state index in [9.17, 15) is 37.1 Å². The van der Waals surface area contributed by atoms with Crippen LogP contribution in [0.15, 0.2) is 73.4 Å². The molecule has 3 atom stereocenters. The van der Waals surface area contributed by atoms with E-state index in [0.29, 0.717) is 65.7 Å². The Balaban J connectivity index is 0.901. The number of benzene rings is 2. The van der Waals surface area contributed by atoms with Gasteiger partial charge in [0.2, 0.25) is 11.8 Å². The first-order valence-corrected chi connectivity index (χ1v) is 21.3. The molecule has 4 aromatic heterocycles. The molecule has 18 nitrogen and oxygen atoms in total. The number of hydrogen-bond acceptors (Lipinski definition) is 12. The van der Waals surface area contributed by atoms with E-state index in [1.54, 1.807) is 49.2 Å². The van der Waals surface area contributed by atoms with Crippen molar-refractivity contribution in [3.63, 3.8) is 0 Å². The predicted octanol–water partition coefficient (Wildman–Crippen LogP) is 6.11. The van der Waals surface area contributed by atoms with Gasteiger partial charge in [0.05, 0.1) is 71.0 Å². The van der Waals surface area contributed by atoms with Gasteiger partial charge in [0.15, 0.2) is 0 Å². The van der Waals surface area contributed by atoms with Gasteiger partial charge in [-0.1, -0.05) is 44.2 Å². The number of nitrogens with one attached hydrogen (secondary N) is 3. The quantitative estimate of drug-likeness (QED) is 0.0989. The fourth-order valence-electron chi connectivity index (χ4n) is 8.35. The molecule has 2 fully saturated rings. The molecule has 2 aliphatic rings. The lowest BCUT2D eigenvalue weighted by Crippen LogP contribution is -2.52. The van der Waals surface area contributed by atoms with E-state index < -0.39 is 48.1 Å². The van der Waals surface area contributed by atoms with Crippen LogP contribution in [0, 0.1) is 12.8 Å². The van der Waals surface area contributed by atoms with Gasteiger partial charge in [0, 0.05) is 49.2 Å². The van der Waals surface area contributed by atoms with Gasteiger partial charge in [-0.25, -0.2) is 29.5 Å². The van der Waals surface area contributed by atoms with Crippen LogP contribution in [0.4, 0.5) is 18.0 Å². The molecule has 2 aromatic carbocycles. The van der Waals surface area contributed by atoms with E-state index >= 15 is 0 Å². The van der Waals surface area contributed by atoms with Crippen molar-refractivity contribution in [3.05, 3.63) is 96.5 Å². The molecule has 0 unspecified atom stereocenters. The number of H-pyrrole nitrogens is 2. The number of ether oxygens (including phenoxy) is 1. The molecule has 0 bridgehead atoms. The second kappa shape index (κ2) is 18.5.